The maximum atomic E-state index is 14.0. The van der Waals surface area contributed by atoms with Crippen molar-refractivity contribution in [1.82, 2.24) is 4.90 Å². The van der Waals surface area contributed by atoms with Gasteiger partial charge in [0.05, 0.1) is 5.56 Å². The Hall–Kier alpha value is -2.18. The molecule has 0 aliphatic carbocycles. The van der Waals surface area contributed by atoms with Crippen LogP contribution in [0.15, 0.2) is 42.5 Å². The Balaban J connectivity index is 1.80. The minimum atomic E-state index is -0.388. The molecular weight excluding hydrogens is 239 g/mol. The van der Waals surface area contributed by atoms with E-state index < -0.39 is 0 Å². The number of hydrogen-bond donors (Lipinski definition) is 0. The van der Waals surface area contributed by atoms with Gasteiger partial charge in [0.1, 0.15) is 11.9 Å². The number of benzene rings is 2. The lowest BCUT2D eigenvalue weighted by atomic mass is 10.1. The zero-order valence-corrected chi connectivity index (χ0v) is 10.4. The van der Waals surface area contributed by atoms with Crippen molar-refractivity contribution in [3.63, 3.8) is 0 Å². The predicted octanol–water partition coefficient (Wildman–Crippen LogP) is 3.21. The molecule has 2 aromatic carbocycles. The van der Waals surface area contributed by atoms with Crippen LogP contribution < -0.4 is 0 Å². The first kappa shape index (κ1) is 11.9. The largest absolute Gasteiger partial charge is 0.290 e. The van der Waals surface area contributed by atoms with E-state index in [1.807, 2.05) is 18.2 Å². The maximum absolute atomic E-state index is 14.0. The van der Waals surface area contributed by atoms with Crippen LogP contribution in [0, 0.1) is 17.1 Å². The van der Waals surface area contributed by atoms with Crippen molar-refractivity contribution < 1.29 is 4.39 Å². The molecule has 0 fully saturated rings. The summed E-state index contributed by atoms with van der Waals surface area (Å²) in [5, 5.41) is 8.84. The fourth-order valence-corrected chi connectivity index (χ4v) is 2.54. The SMILES string of the molecule is N#Cc1cccc(CN2Cc3ccccc3C2)c1F. The molecular formula is C16H13FN2. The van der Waals surface area contributed by atoms with Crippen molar-refractivity contribution in [2.45, 2.75) is 19.6 Å². The Morgan fingerprint density at radius 2 is 1.74 bits per heavy atom. The van der Waals surface area contributed by atoms with E-state index in [0.717, 1.165) is 13.1 Å². The van der Waals surface area contributed by atoms with E-state index in [0.29, 0.717) is 12.1 Å². The van der Waals surface area contributed by atoms with Gasteiger partial charge in [-0.2, -0.15) is 5.26 Å². The summed E-state index contributed by atoms with van der Waals surface area (Å²) in [5.41, 5.74) is 3.32. The highest BCUT2D eigenvalue weighted by molar-refractivity contribution is 5.36. The zero-order chi connectivity index (χ0) is 13.2. The van der Waals surface area contributed by atoms with E-state index in [9.17, 15) is 4.39 Å². The molecule has 0 aromatic heterocycles. The van der Waals surface area contributed by atoms with Crippen LogP contribution in [0.3, 0.4) is 0 Å². The van der Waals surface area contributed by atoms with Gasteiger partial charge in [-0.05, 0) is 17.2 Å². The Kier molecular flexibility index (Phi) is 3.02. The predicted molar refractivity (Wildman–Crippen MR) is 70.5 cm³/mol. The average molecular weight is 252 g/mol. The van der Waals surface area contributed by atoms with Gasteiger partial charge in [-0.1, -0.05) is 36.4 Å². The molecule has 0 N–H and O–H groups in total. The van der Waals surface area contributed by atoms with Crippen LogP contribution in [0.25, 0.3) is 0 Å². The van der Waals surface area contributed by atoms with Crippen molar-refractivity contribution in [3.8, 4) is 6.07 Å². The number of hydrogen-bond acceptors (Lipinski definition) is 2. The van der Waals surface area contributed by atoms with Gasteiger partial charge in [0.25, 0.3) is 0 Å². The van der Waals surface area contributed by atoms with E-state index in [-0.39, 0.29) is 11.4 Å². The zero-order valence-electron chi connectivity index (χ0n) is 10.4. The normalized spacial score (nSPS) is 14.1. The molecule has 1 aliphatic rings. The Morgan fingerprint density at radius 3 is 2.37 bits per heavy atom. The summed E-state index contributed by atoms with van der Waals surface area (Å²) in [6.45, 7) is 2.22. The molecule has 0 saturated carbocycles. The van der Waals surface area contributed by atoms with Crippen molar-refractivity contribution in [2.24, 2.45) is 0 Å². The van der Waals surface area contributed by atoms with Crippen molar-refractivity contribution in [3.05, 3.63) is 70.5 Å². The molecule has 1 heterocycles. The second-order valence-corrected chi connectivity index (χ2v) is 4.80. The van der Waals surface area contributed by atoms with E-state index >= 15 is 0 Å². The highest BCUT2D eigenvalue weighted by Gasteiger charge is 2.19. The summed E-state index contributed by atoms with van der Waals surface area (Å²) in [5.74, 6) is -0.388. The van der Waals surface area contributed by atoms with Crippen LogP contribution in [0.4, 0.5) is 4.39 Å². The van der Waals surface area contributed by atoms with Crippen LogP contribution in [0.5, 0.6) is 0 Å². The van der Waals surface area contributed by atoms with Crippen LogP contribution in [0.2, 0.25) is 0 Å². The lowest BCUT2D eigenvalue weighted by Crippen LogP contribution is -2.16. The minimum absolute atomic E-state index is 0.120. The first-order chi connectivity index (χ1) is 9.28. The molecule has 2 aromatic rings. The molecule has 0 bridgehead atoms. The molecule has 2 nitrogen and oxygen atoms in total. The molecule has 0 unspecified atom stereocenters. The summed E-state index contributed by atoms with van der Waals surface area (Å²) in [7, 11) is 0. The van der Waals surface area contributed by atoms with Gasteiger partial charge >= 0.3 is 0 Å². The summed E-state index contributed by atoms with van der Waals surface area (Å²) in [6.07, 6.45) is 0. The van der Waals surface area contributed by atoms with Crippen LogP contribution in [-0.4, -0.2) is 4.90 Å². The third kappa shape index (κ3) is 2.23. The Labute approximate surface area is 111 Å². The molecule has 1 aliphatic heterocycles. The van der Waals surface area contributed by atoms with Crippen molar-refractivity contribution >= 4 is 0 Å². The second-order valence-electron chi connectivity index (χ2n) is 4.80. The highest BCUT2D eigenvalue weighted by Crippen LogP contribution is 2.25. The monoisotopic (exact) mass is 252 g/mol. The van der Waals surface area contributed by atoms with Crippen LogP contribution >= 0.6 is 0 Å². The first-order valence-corrected chi connectivity index (χ1v) is 6.24. The van der Waals surface area contributed by atoms with Gasteiger partial charge in [-0.15, -0.1) is 0 Å². The highest BCUT2D eigenvalue weighted by atomic mass is 19.1. The van der Waals surface area contributed by atoms with Gasteiger partial charge in [0.2, 0.25) is 0 Å². The molecule has 0 amide bonds. The van der Waals surface area contributed by atoms with E-state index in [4.69, 9.17) is 5.26 Å². The molecule has 94 valence electrons. The van der Waals surface area contributed by atoms with Crippen molar-refractivity contribution in [1.29, 1.82) is 5.26 Å². The van der Waals surface area contributed by atoms with Gasteiger partial charge in [0, 0.05) is 25.2 Å². The standard InChI is InChI=1S/C16H13FN2/c17-16-12(8-18)6-3-7-15(16)11-19-9-13-4-1-2-5-14(13)10-19/h1-7H,9-11H2. The lowest BCUT2D eigenvalue weighted by molar-refractivity contribution is 0.271. The smallest absolute Gasteiger partial charge is 0.145 e. The number of fused-ring (bicyclic) bond motifs is 1. The van der Waals surface area contributed by atoms with Gasteiger partial charge in [0.15, 0.2) is 0 Å². The van der Waals surface area contributed by atoms with Gasteiger partial charge in [-0.25, -0.2) is 4.39 Å². The van der Waals surface area contributed by atoms with Crippen molar-refractivity contribution in [2.75, 3.05) is 0 Å². The molecule has 3 heteroatoms. The van der Waals surface area contributed by atoms with Crippen LogP contribution in [0.1, 0.15) is 22.3 Å². The third-order valence-corrected chi connectivity index (χ3v) is 3.50. The quantitative estimate of drug-likeness (QED) is 0.820. The third-order valence-electron chi connectivity index (χ3n) is 3.50. The lowest BCUT2D eigenvalue weighted by Gasteiger charge is -2.15. The molecule has 19 heavy (non-hydrogen) atoms. The van der Waals surface area contributed by atoms with E-state index in [1.54, 1.807) is 12.1 Å². The number of halogens is 1. The van der Waals surface area contributed by atoms with E-state index in [1.165, 1.54) is 17.2 Å². The molecule has 0 spiro atoms. The summed E-state index contributed by atoms with van der Waals surface area (Å²) < 4.78 is 14.0. The maximum Gasteiger partial charge on any atom is 0.145 e. The van der Waals surface area contributed by atoms with Crippen LogP contribution in [-0.2, 0) is 19.6 Å². The average Bonchev–Trinajstić information content (AvgIpc) is 2.83. The summed E-state index contributed by atoms with van der Waals surface area (Å²) in [6, 6.07) is 15.2. The van der Waals surface area contributed by atoms with Gasteiger partial charge < -0.3 is 0 Å². The molecule has 0 radical (unpaired) electrons. The minimum Gasteiger partial charge on any atom is -0.290 e. The molecule has 0 saturated heterocycles. The number of nitrogens with zero attached hydrogens (tertiary/aromatic N) is 2. The molecule has 3 rings (SSSR count). The summed E-state index contributed by atoms with van der Waals surface area (Å²) >= 11 is 0. The first-order valence-electron chi connectivity index (χ1n) is 6.24. The number of nitriles is 1. The number of rotatable bonds is 2. The Morgan fingerprint density at radius 1 is 1.05 bits per heavy atom. The molecule has 0 atom stereocenters. The fourth-order valence-electron chi connectivity index (χ4n) is 2.54. The Bertz CT molecular complexity index is 633. The van der Waals surface area contributed by atoms with Gasteiger partial charge in [-0.3, -0.25) is 4.90 Å². The topological polar surface area (TPSA) is 27.0 Å². The van der Waals surface area contributed by atoms with E-state index in [2.05, 4.69) is 17.0 Å². The summed E-state index contributed by atoms with van der Waals surface area (Å²) in [4.78, 5) is 2.18. The fraction of sp³-hybridized carbons (Fsp3) is 0.188. The second kappa shape index (κ2) is 4.83.